The van der Waals surface area contributed by atoms with Gasteiger partial charge in [-0.1, -0.05) is 72.5 Å². The van der Waals surface area contributed by atoms with E-state index in [1.54, 1.807) is 0 Å². The fraction of sp³-hybridized carbons (Fsp3) is 0.385. The summed E-state index contributed by atoms with van der Waals surface area (Å²) in [4.78, 5) is 0. The van der Waals surface area contributed by atoms with Gasteiger partial charge in [-0.05, 0) is 5.56 Å². The highest BCUT2D eigenvalue weighted by Crippen LogP contribution is 2.37. The Kier molecular flexibility index (Phi) is 7.38. The number of hydrogen-bond acceptors (Lipinski definition) is 5. The highest BCUT2D eigenvalue weighted by Gasteiger charge is 2.51. The van der Waals surface area contributed by atoms with Gasteiger partial charge in [-0.3, -0.25) is 0 Å². The maximum absolute atomic E-state index is 6.42. The summed E-state index contributed by atoms with van der Waals surface area (Å²) in [5.41, 5.74) is 2.07. The van der Waals surface area contributed by atoms with E-state index in [1.165, 1.54) is 0 Å². The van der Waals surface area contributed by atoms with Crippen LogP contribution in [0.1, 0.15) is 17.4 Å². The molecule has 0 radical (unpaired) electrons. The van der Waals surface area contributed by atoms with Crippen molar-refractivity contribution in [2.45, 2.75) is 43.2 Å². The molecule has 0 amide bonds. The van der Waals surface area contributed by atoms with Gasteiger partial charge in [0.05, 0.1) is 12.7 Å². The molecule has 5 heteroatoms. The van der Waals surface area contributed by atoms with Crippen LogP contribution in [-0.2, 0) is 30.1 Å². The summed E-state index contributed by atoms with van der Waals surface area (Å²) in [6.45, 7) is 0.667. The lowest BCUT2D eigenvalue weighted by molar-refractivity contribution is -0.335. The lowest BCUT2D eigenvalue weighted by Crippen LogP contribution is -2.63. The first-order valence-corrected chi connectivity index (χ1v) is 10.4. The van der Waals surface area contributed by atoms with Crippen molar-refractivity contribution in [3.8, 4) is 24.7 Å². The van der Waals surface area contributed by atoms with E-state index in [0.717, 1.165) is 11.1 Å². The molecule has 2 aliphatic rings. The monoisotopic (exact) mass is 418 g/mol. The molecule has 5 nitrogen and oxygen atoms in total. The predicted octanol–water partition coefficient (Wildman–Crippen LogP) is 3.15. The molecule has 0 aliphatic carbocycles. The van der Waals surface area contributed by atoms with Gasteiger partial charge in [-0.25, -0.2) is 0 Å². The van der Waals surface area contributed by atoms with Crippen LogP contribution in [0, 0.1) is 24.7 Å². The highest BCUT2D eigenvalue weighted by atomic mass is 16.7. The van der Waals surface area contributed by atoms with E-state index in [-0.39, 0.29) is 25.4 Å². The highest BCUT2D eigenvalue weighted by molar-refractivity contribution is 5.18. The summed E-state index contributed by atoms with van der Waals surface area (Å²) < 4.78 is 30.8. The smallest absolute Gasteiger partial charge is 0.184 e. The van der Waals surface area contributed by atoms with Crippen LogP contribution in [0.2, 0.25) is 0 Å². The van der Waals surface area contributed by atoms with E-state index in [1.807, 2.05) is 48.5 Å². The molecule has 31 heavy (non-hydrogen) atoms. The van der Waals surface area contributed by atoms with Gasteiger partial charge in [-0.2, -0.15) is 0 Å². The minimum absolute atomic E-state index is 0.141. The maximum Gasteiger partial charge on any atom is 0.184 e. The summed E-state index contributed by atoms with van der Waals surface area (Å²) in [5.74, 6) is 5.09. The van der Waals surface area contributed by atoms with Crippen LogP contribution in [0.15, 0.2) is 60.7 Å². The van der Waals surface area contributed by atoms with E-state index in [2.05, 4.69) is 24.0 Å². The molecule has 0 aromatic heterocycles. The Hall–Kier alpha value is -2.64. The number of fused-ring (bicyclic) bond motifs is 1. The van der Waals surface area contributed by atoms with Crippen molar-refractivity contribution in [3.05, 3.63) is 71.8 Å². The molecular formula is C26H26O5. The predicted molar refractivity (Wildman–Crippen MR) is 116 cm³/mol. The third kappa shape index (κ3) is 5.17. The van der Waals surface area contributed by atoms with Gasteiger partial charge in [0.25, 0.3) is 0 Å². The van der Waals surface area contributed by atoms with Crippen molar-refractivity contribution >= 4 is 0 Å². The Labute approximate surface area is 183 Å². The van der Waals surface area contributed by atoms with Crippen molar-refractivity contribution in [2.75, 3.05) is 19.8 Å². The molecule has 0 spiro atoms. The van der Waals surface area contributed by atoms with Crippen LogP contribution in [0.3, 0.4) is 0 Å². The minimum atomic E-state index is -0.512. The average Bonchev–Trinajstić information content (AvgIpc) is 2.82. The number of terminal acetylenes is 2. The summed E-state index contributed by atoms with van der Waals surface area (Å²) in [5, 5.41) is 0. The first-order chi connectivity index (χ1) is 15.3. The lowest BCUT2D eigenvalue weighted by Gasteiger charge is -2.49. The summed E-state index contributed by atoms with van der Waals surface area (Å²) in [7, 11) is 0. The van der Waals surface area contributed by atoms with Gasteiger partial charge in [0.15, 0.2) is 6.29 Å². The lowest BCUT2D eigenvalue weighted by atomic mass is 9.90. The molecule has 0 N–H and O–H groups in total. The van der Waals surface area contributed by atoms with Crippen LogP contribution in [-0.4, -0.2) is 50.3 Å². The van der Waals surface area contributed by atoms with Crippen molar-refractivity contribution < 1.29 is 23.7 Å². The quantitative estimate of drug-likeness (QED) is 0.647. The zero-order chi connectivity index (χ0) is 21.5. The second kappa shape index (κ2) is 10.6. The molecule has 0 unspecified atom stereocenters. The van der Waals surface area contributed by atoms with Gasteiger partial charge in [0.2, 0.25) is 0 Å². The van der Waals surface area contributed by atoms with Crippen LogP contribution >= 0.6 is 0 Å². The van der Waals surface area contributed by atoms with E-state index in [9.17, 15) is 0 Å². The van der Waals surface area contributed by atoms with E-state index >= 15 is 0 Å². The summed E-state index contributed by atoms with van der Waals surface area (Å²) in [6.07, 6.45) is 9.26. The Bertz CT molecular complexity index is 901. The molecule has 2 saturated heterocycles. The Morgan fingerprint density at radius 2 is 1.48 bits per heavy atom. The second-order valence-electron chi connectivity index (χ2n) is 7.54. The third-order valence-corrected chi connectivity index (χ3v) is 5.49. The van der Waals surface area contributed by atoms with Crippen molar-refractivity contribution in [2.24, 2.45) is 0 Å². The first kappa shape index (κ1) is 21.6. The standard InChI is InChI=1S/C26H26O5/c1-3-15-27-23-21(17-19-11-7-5-8-12-19)30-22-18-29-26(20-13-9-6-10-14-20)31-24(22)25(23)28-16-4-2/h1-2,5-14,21-26H,15-18H2/t21-,22+,23-,24+,25+,26+/m0/s1. The Morgan fingerprint density at radius 1 is 0.839 bits per heavy atom. The Morgan fingerprint density at radius 3 is 2.16 bits per heavy atom. The average molecular weight is 418 g/mol. The van der Waals surface area contributed by atoms with Crippen LogP contribution in [0.4, 0.5) is 0 Å². The number of hydrogen-bond donors (Lipinski definition) is 0. The normalized spacial score (nSPS) is 30.0. The molecule has 2 fully saturated rings. The molecule has 0 bridgehead atoms. The van der Waals surface area contributed by atoms with E-state index in [4.69, 9.17) is 36.5 Å². The first-order valence-electron chi connectivity index (χ1n) is 10.4. The summed E-state index contributed by atoms with van der Waals surface area (Å²) in [6, 6.07) is 19.9. The van der Waals surface area contributed by atoms with Gasteiger partial charge in [0, 0.05) is 12.0 Å². The molecule has 2 heterocycles. The van der Waals surface area contributed by atoms with E-state index < -0.39 is 24.6 Å². The molecule has 0 saturated carbocycles. The minimum Gasteiger partial charge on any atom is -0.367 e. The molecule has 4 rings (SSSR count). The van der Waals surface area contributed by atoms with E-state index in [0.29, 0.717) is 13.0 Å². The topological polar surface area (TPSA) is 46.2 Å². The van der Waals surface area contributed by atoms with Crippen LogP contribution in [0.5, 0.6) is 0 Å². The van der Waals surface area contributed by atoms with Crippen LogP contribution < -0.4 is 0 Å². The molecule has 6 atom stereocenters. The molecule has 2 aromatic rings. The van der Waals surface area contributed by atoms with Crippen molar-refractivity contribution in [3.63, 3.8) is 0 Å². The number of ether oxygens (including phenoxy) is 5. The molecular weight excluding hydrogens is 392 g/mol. The fourth-order valence-corrected chi connectivity index (χ4v) is 4.13. The van der Waals surface area contributed by atoms with Gasteiger partial charge < -0.3 is 23.7 Å². The number of rotatable bonds is 7. The Balaban J connectivity index is 1.59. The summed E-state index contributed by atoms with van der Waals surface area (Å²) >= 11 is 0. The maximum atomic E-state index is 6.42. The molecule has 160 valence electrons. The fourth-order valence-electron chi connectivity index (χ4n) is 4.13. The number of benzene rings is 2. The molecule has 2 aromatic carbocycles. The molecule has 2 aliphatic heterocycles. The second-order valence-corrected chi connectivity index (χ2v) is 7.54. The third-order valence-electron chi connectivity index (χ3n) is 5.49. The van der Waals surface area contributed by atoms with Gasteiger partial charge in [0.1, 0.15) is 37.6 Å². The largest absolute Gasteiger partial charge is 0.367 e. The SMILES string of the molecule is C#CCO[C@@H]1[C@@H](OCC#C)[C@H](Cc2ccccc2)O[C@@H]2CO[C@@H](c3ccccc3)O[C@@H]12. The van der Waals surface area contributed by atoms with Crippen molar-refractivity contribution in [1.82, 2.24) is 0 Å². The van der Waals surface area contributed by atoms with Gasteiger partial charge >= 0.3 is 0 Å². The van der Waals surface area contributed by atoms with Crippen molar-refractivity contribution in [1.29, 1.82) is 0 Å². The zero-order valence-corrected chi connectivity index (χ0v) is 17.3. The van der Waals surface area contributed by atoms with Gasteiger partial charge in [-0.15, -0.1) is 12.8 Å². The van der Waals surface area contributed by atoms with Crippen LogP contribution in [0.25, 0.3) is 0 Å². The zero-order valence-electron chi connectivity index (χ0n) is 17.3.